The van der Waals surface area contributed by atoms with Crippen LogP contribution in [0.15, 0.2) is 29.3 Å². The second-order valence-corrected chi connectivity index (χ2v) is 8.03. The quantitative estimate of drug-likeness (QED) is 0.729. The summed E-state index contributed by atoms with van der Waals surface area (Å²) in [4.78, 5) is 36.1. The minimum absolute atomic E-state index is 0.103. The van der Waals surface area contributed by atoms with Crippen molar-refractivity contribution in [2.45, 2.75) is 38.8 Å². The van der Waals surface area contributed by atoms with Crippen molar-refractivity contribution >= 4 is 18.0 Å². The third-order valence-electron chi connectivity index (χ3n) is 5.55. The number of aryl methyl sites for hydroxylation is 1. The van der Waals surface area contributed by atoms with Gasteiger partial charge in [0.05, 0.1) is 18.9 Å². The summed E-state index contributed by atoms with van der Waals surface area (Å²) in [6.07, 6.45) is 7.83. The van der Waals surface area contributed by atoms with E-state index in [2.05, 4.69) is 23.9 Å². The maximum Gasteiger partial charge on any atom is 0.328 e. The Labute approximate surface area is 163 Å². The van der Waals surface area contributed by atoms with Crippen molar-refractivity contribution in [3.63, 3.8) is 0 Å². The number of nitrogens with zero attached hydrogens (tertiary/aromatic N) is 6. The molecule has 4 rings (SSSR count). The number of anilines is 1. The number of aromatic nitrogens is 3. The van der Waals surface area contributed by atoms with Gasteiger partial charge in [-0.25, -0.2) is 9.78 Å². The lowest BCUT2D eigenvalue weighted by Gasteiger charge is -2.42. The number of hydrogen-bond acceptors (Lipinski definition) is 6. The van der Waals surface area contributed by atoms with Gasteiger partial charge in [0.15, 0.2) is 0 Å². The van der Waals surface area contributed by atoms with Gasteiger partial charge in [-0.2, -0.15) is 5.10 Å². The molecule has 4 heterocycles. The fraction of sp³-hybridized carbons (Fsp3) is 0.579. The van der Waals surface area contributed by atoms with E-state index in [1.54, 1.807) is 28.2 Å². The molecule has 0 unspecified atom stereocenters. The van der Waals surface area contributed by atoms with Crippen LogP contribution in [0.3, 0.4) is 0 Å². The van der Waals surface area contributed by atoms with E-state index in [9.17, 15) is 9.59 Å². The molecule has 0 radical (unpaired) electrons. The lowest BCUT2D eigenvalue weighted by molar-refractivity contribution is -0.134. The highest BCUT2D eigenvalue weighted by atomic mass is 16.4. The van der Waals surface area contributed by atoms with Crippen LogP contribution in [-0.4, -0.2) is 61.7 Å². The maximum absolute atomic E-state index is 13.5. The van der Waals surface area contributed by atoms with E-state index >= 15 is 0 Å². The van der Waals surface area contributed by atoms with Gasteiger partial charge in [-0.15, -0.1) is 0 Å². The Morgan fingerprint density at radius 3 is 2.57 bits per heavy atom. The van der Waals surface area contributed by atoms with Gasteiger partial charge in [0.1, 0.15) is 11.8 Å². The number of carbonyl (C=O) groups is 2. The lowest BCUT2D eigenvalue weighted by atomic mass is 9.85. The average Bonchev–Trinajstić information content (AvgIpc) is 3.38. The summed E-state index contributed by atoms with van der Waals surface area (Å²) in [7, 11) is 1.82. The number of rotatable bonds is 5. The van der Waals surface area contributed by atoms with Gasteiger partial charge in [-0.3, -0.25) is 14.4 Å². The first kappa shape index (κ1) is 18.5. The van der Waals surface area contributed by atoms with E-state index in [1.807, 2.05) is 18.1 Å². The Morgan fingerprint density at radius 1 is 1.25 bits per heavy atom. The van der Waals surface area contributed by atoms with Crippen LogP contribution < -0.4 is 4.90 Å². The predicted molar refractivity (Wildman–Crippen MR) is 101 cm³/mol. The van der Waals surface area contributed by atoms with Crippen LogP contribution in [0.1, 0.15) is 32.3 Å². The van der Waals surface area contributed by atoms with Gasteiger partial charge < -0.3 is 14.2 Å². The van der Waals surface area contributed by atoms with Gasteiger partial charge in [0.25, 0.3) is 11.9 Å². The SMILES string of the molecule is CC(C)CN1C(=O)N(Cc2cnn(C)c2)C(=O)C12CCN(c1ncco1)CC2. The highest BCUT2D eigenvalue weighted by Gasteiger charge is 2.58. The molecule has 0 bridgehead atoms. The van der Waals surface area contributed by atoms with Crippen LogP contribution in [0.2, 0.25) is 0 Å². The van der Waals surface area contributed by atoms with Gasteiger partial charge in [0, 0.05) is 38.4 Å². The first-order chi connectivity index (χ1) is 13.4. The van der Waals surface area contributed by atoms with E-state index < -0.39 is 5.54 Å². The van der Waals surface area contributed by atoms with Gasteiger partial charge in [-0.05, 0) is 18.8 Å². The standard InChI is InChI=1S/C19H26N6O3/c1-14(2)11-25-18(27)24(13-15-10-21-22(3)12-15)16(26)19(25)4-7-23(8-5-19)17-20-6-9-28-17/h6,9-10,12,14H,4-5,7-8,11,13H2,1-3H3. The summed E-state index contributed by atoms with van der Waals surface area (Å²) >= 11 is 0. The molecule has 2 fully saturated rings. The molecule has 0 saturated carbocycles. The number of piperidine rings is 1. The smallest absolute Gasteiger partial charge is 0.328 e. The summed E-state index contributed by atoms with van der Waals surface area (Å²) < 4.78 is 7.07. The zero-order valence-corrected chi connectivity index (χ0v) is 16.5. The van der Waals surface area contributed by atoms with E-state index in [4.69, 9.17) is 4.42 Å². The highest BCUT2D eigenvalue weighted by Crippen LogP contribution is 2.39. The Kier molecular flexibility index (Phi) is 4.60. The minimum atomic E-state index is -0.785. The second-order valence-electron chi connectivity index (χ2n) is 8.03. The summed E-state index contributed by atoms with van der Waals surface area (Å²) in [6, 6.07) is 0.362. The third kappa shape index (κ3) is 3.04. The molecule has 0 atom stereocenters. The molecular formula is C19H26N6O3. The molecule has 0 N–H and O–H groups in total. The first-order valence-electron chi connectivity index (χ1n) is 9.66. The fourth-order valence-corrected chi connectivity index (χ4v) is 4.20. The van der Waals surface area contributed by atoms with Crippen molar-refractivity contribution < 1.29 is 14.0 Å². The molecule has 2 saturated heterocycles. The fourth-order valence-electron chi connectivity index (χ4n) is 4.20. The molecule has 3 amide bonds. The lowest BCUT2D eigenvalue weighted by Crippen LogP contribution is -2.57. The number of amides is 3. The van der Waals surface area contributed by atoms with E-state index in [0.717, 1.165) is 5.56 Å². The second kappa shape index (κ2) is 6.96. The van der Waals surface area contributed by atoms with Crippen LogP contribution in [-0.2, 0) is 18.4 Å². The molecule has 2 aromatic heterocycles. The highest BCUT2D eigenvalue weighted by molar-refractivity contribution is 6.07. The maximum atomic E-state index is 13.5. The van der Waals surface area contributed by atoms with Crippen molar-refractivity contribution in [1.82, 2.24) is 24.6 Å². The molecule has 1 spiro atoms. The van der Waals surface area contributed by atoms with Crippen molar-refractivity contribution in [2.75, 3.05) is 24.5 Å². The van der Waals surface area contributed by atoms with Crippen LogP contribution in [0, 0.1) is 5.92 Å². The number of carbonyl (C=O) groups excluding carboxylic acids is 2. The summed E-state index contributed by atoms with van der Waals surface area (Å²) in [5.41, 5.74) is 0.0649. The number of hydrogen-bond donors (Lipinski definition) is 0. The van der Waals surface area contributed by atoms with E-state index in [0.29, 0.717) is 38.5 Å². The zero-order valence-electron chi connectivity index (χ0n) is 16.5. The number of imide groups is 1. The van der Waals surface area contributed by atoms with Crippen LogP contribution in [0.4, 0.5) is 10.8 Å². The average molecular weight is 386 g/mol. The third-order valence-corrected chi connectivity index (χ3v) is 5.55. The Bertz CT molecular complexity index is 851. The molecule has 2 aliphatic rings. The monoisotopic (exact) mass is 386 g/mol. The summed E-state index contributed by atoms with van der Waals surface area (Å²) in [5, 5.41) is 4.15. The molecule has 2 aromatic rings. The minimum Gasteiger partial charge on any atom is -0.432 e. The van der Waals surface area contributed by atoms with Gasteiger partial charge in [0.2, 0.25) is 0 Å². The van der Waals surface area contributed by atoms with Crippen LogP contribution >= 0.6 is 0 Å². The molecule has 9 heteroatoms. The number of urea groups is 1. The summed E-state index contributed by atoms with van der Waals surface area (Å²) in [5.74, 6) is 0.172. The zero-order chi connectivity index (χ0) is 19.9. The van der Waals surface area contributed by atoms with E-state index in [-0.39, 0.29) is 24.4 Å². The largest absolute Gasteiger partial charge is 0.432 e. The Balaban J connectivity index is 1.58. The Hall–Kier alpha value is -2.84. The van der Waals surface area contributed by atoms with E-state index in [1.165, 1.54) is 4.90 Å². The topological polar surface area (TPSA) is 87.7 Å². The number of oxazole rings is 1. The van der Waals surface area contributed by atoms with Crippen molar-refractivity contribution in [1.29, 1.82) is 0 Å². The molecule has 150 valence electrons. The van der Waals surface area contributed by atoms with Crippen molar-refractivity contribution in [3.05, 3.63) is 30.4 Å². The van der Waals surface area contributed by atoms with Crippen molar-refractivity contribution in [3.8, 4) is 0 Å². The molecule has 9 nitrogen and oxygen atoms in total. The first-order valence-corrected chi connectivity index (χ1v) is 9.66. The van der Waals surface area contributed by atoms with Gasteiger partial charge >= 0.3 is 6.03 Å². The molecule has 0 aliphatic carbocycles. The van der Waals surface area contributed by atoms with Crippen LogP contribution in [0.25, 0.3) is 0 Å². The predicted octanol–water partition coefficient (Wildman–Crippen LogP) is 1.87. The molecule has 0 aromatic carbocycles. The molecule has 28 heavy (non-hydrogen) atoms. The Morgan fingerprint density at radius 2 is 2.00 bits per heavy atom. The van der Waals surface area contributed by atoms with Crippen LogP contribution in [0.5, 0.6) is 0 Å². The summed E-state index contributed by atoms with van der Waals surface area (Å²) in [6.45, 7) is 6.19. The normalized spacial score (nSPS) is 19.5. The molecular weight excluding hydrogens is 360 g/mol. The van der Waals surface area contributed by atoms with Gasteiger partial charge in [-0.1, -0.05) is 13.8 Å². The van der Waals surface area contributed by atoms with Crippen molar-refractivity contribution in [2.24, 2.45) is 13.0 Å². The molecule has 2 aliphatic heterocycles.